The summed E-state index contributed by atoms with van der Waals surface area (Å²) in [5.41, 5.74) is 2.31. The zero-order chi connectivity index (χ0) is 14.8. The number of hydrogen-bond donors (Lipinski definition) is 1. The molecule has 1 unspecified atom stereocenters. The highest BCUT2D eigenvalue weighted by Crippen LogP contribution is 2.28. The van der Waals surface area contributed by atoms with Crippen molar-refractivity contribution in [2.75, 3.05) is 34.2 Å². The Kier molecular flexibility index (Phi) is 4.29. The largest absolute Gasteiger partial charge is 0.459 e. The van der Waals surface area contributed by atoms with E-state index < -0.39 is 0 Å². The van der Waals surface area contributed by atoms with Crippen molar-refractivity contribution in [3.63, 3.8) is 0 Å². The standard InChI is InChI=1S/C17H25N3O/c1-18-10-15-14-6-4-5-7-16(14)21-17(15)12-20-9-8-13(11-20)19(2)3/h4-7,13,18H,8-12H2,1-3H3. The first kappa shape index (κ1) is 14.6. The Balaban J connectivity index is 1.82. The lowest BCUT2D eigenvalue weighted by atomic mass is 10.1. The molecule has 4 heteroatoms. The van der Waals surface area contributed by atoms with Crippen molar-refractivity contribution >= 4 is 11.0 Å². The van der Waals surface area contributed by atoms with E-state index in [0.29, 0.717) is 6.04 Å². The molecule has 4 nitrogen and oxygen atoms in total. The minimum Gasteiger partial charge on any atom is -0.459 e. The van der Waals surface area contributed by atoms with Crippen molar-refractivity contribution in [2.45, 2.75) is 25.6 Å². The molecule has 1 aromatic carbocycles. The third kappa shape index (κ3) is 2.98. The van der Waals surface area contributed by atoms with Gasteiger partial charge in [-0.05, 0) is 33.6 Å². The van der Waals surface area contributed by atoms with Gasteiger partial charge in [0.1, 0.15) is 11.3 Å². The molecule has 1 atom stereocenters. The smallest absolute Gasteiger partial charge is 0.134 e. The molecule has 0 bridgehead atoms. The molecule has 1 N–H and O–H groups in total. The summed E-state index contributed by atoms with van der Waals surface area (Å²) in [6.07, 6.45) is 1.24. The highest BCUT2D eigenvalue weighted by atomic mass is 16.3. The maximum atomic E-state index is 6.11. The Morgan fingerprint density at radius 3 is 2.86 bits per heavy atom. The van der Waals surface area contributed by atoms with E-state index in [-0.39, 0.29) is 0 Å². The summed E-state index contributed by atoms with van der Waals surface area (Å²) in [5.74, 6) is 1.12. The molecule has 2 heterocycles. The van der Waals surface area contributed by atoms with Gasteiger partial charge < -0.3 is 14.6 Å². The maximum absolute atomic E-state index is 6.11. The second-order valence-electron chi connectivity index (χ2n) is 6.17. The molecule has 1 fully saturated rings. The molecule has 1 aromatic heterocycles. The fourth-order valence-electron chi connectivity index (χ4n) is 3.23. The predicted molar refractivity (Wildman–Crippen MR) is 86.3 cm³/mol. The third-order valence-corrected chi connectivity index (χ3v) is 4.48. The van der Waals surface area contributed by atoms with Crippen LogP contribution < -0.4 is 5.32 Å². The molecule has 0 radical (unpaired) electrons. The molecule has 0 aliphatic carbocycles. The molecule has 1 aliphatic rings. The van der Waals surface area contributed by atoms with Gasteiger partial charge in [-0.25, -0.2) is 0 Å². The summed E-state index contributed by atoms with van der Waals surface area (Å²) in [6, 6.07) is 9.00. The number of rotatable bonds is 5. The fourth-order valence-corrected chi connectivity index (χ4v) is 3.23. The van der Waals surface area contributed by atoms with Gasteiger partial charge in [-0.1, -0.05) is 18.2 Å². The monoisotopic (exact) mass is 287 g/mol. The highest BCUT2D eigenvalue weighted by molar-refractivity contribution is 5.82. The van der Waals surface area contributed by atoms with Crippen LogP contribution in [0.5, 0.6) is 0 Å². The second-order valence-corrected chi connectivity index (χ2v) is 6.17. The normalized spacial score (nSPS) is 19.9. The summed E-state index contributed by atoms with van der Waals surface area (Å²) >= 11 is 0. The average Bonchev–Trinajstić information content (AvgIpc) is 3.06. The molecule has 0 saturated carbocycles. The van der Waals surface area contributed by atoms with E-state index in [9.17, 15) is 0 Å². The summed E-state index contributed by atoms with van der Waals surface area (Å²) in [6.45, 7) is 4.05. The Morgan fingerprint density at radius 2 is 2.14 bits per heavy atom. The third-order valence-electron chi connectivity index (χ3n) is 4.48. The van der Waals surface area contributed by atoms with E-state index in [1.165, 1.54) is 17.4 Å². The lowest BCUT2D eigenvalue weighted by Crippen LogP contribution is -2.31. The van der Waals surface area contributed by atoms with Crippen LogP contribution in [0.15, 0.2) is 28.7 Å². The Morgan fingerprint density at radius 1 is 1.33 bits per heavy atom. The Labute approximate surface area is 126 Å². The molecule has 1 saturated heterocycles. The van der Waals surface area contributed by atoms with Crippen LogP contribution in [0.1, 0.15) is 17.7 Å². The SMILES string of the molecule is CNCc1c(CN2CCC(N(C)C)C2)oc2ccccc12. The van der Waals surface area contributed by atoms with Crippen LogP contribution in [0.4, 0.5) is 0 Å². The van der Waals surface area contributed by atoms with Crippen molar-refractivity contribution in [1.82, 2.24) is 15.1 Å². The number of nitrogens with zero attached hydrogens (tertiary/aromatic N) is 2. The van der Waals surface area contributed by atoms with E-state index in [4.69, 9.17) is 4.42 Å². The van der Waals surface area contributed by atoms with Gasteiger partial charge in [0.2, 0.25) is 0 Å². The van der Waals surface area contributed by atoms with Crippen molar-refractivity contribution < 1.29 is 4.42 Å². The zero-order valence-electron chi connectivity index (χ0n) is 13.2. The van der Waals surface area contributed by atoms with Crippen LogP contribution in [-0.4, -0.2) is 50.1 Å². The van der Waals surface area contributed by atoms with Crippen LogP contribution in [0, 0.1) is 0 Å². The quantitative estimate of drug-likeness (QED) is 0.914. The van der Waals surface area contributed by atoms with Gasteiger partial charge in [0.05, 0.1) is 6.54 Å². The molecule has 0 spiro atoms. The van der Waals surface area contributed by atoms with E-state index in [2.05, 4.69) is 47.4 Å². The molecular formula is C17H25N3O. The summed E-state index contributed by atoms with van der Waals surface area (Å²) in [4.78, 5) is 4.83. The Hall–Kier alpha value is -1.36. The number of benzene rings is 1. The number of likely N-dealkylation sites (N-methyl/N-ethyl adjacent to an activating group) is 1. The van der Waals surface area contributed by atoms with Crippen molar-refractivity contribution in [3.8, 4) is 0 Å². The first-order valence-electron chi connectivity index (χ1n) is 7.71. The lowest BCUT2D eigenvalue weighted by Gasteiger charge is -2.20. The maximum Gasteiger partial charge on any atom is 0.134 e. The molecule has 114 valence electrons. The zero-order valence-corrected chi connectivity index (χ0v) is 13.2. The molecule has 0 amide bonds. The number of furan rings is 1. The minimum absolute atomic E-state index is 0.669. The van der Waals surface area contributed by atoms with Crippen molar-refractivity contribution in [3.05, 3.63) is 35.6 Å². The first-order valence-corrected chi connectivity index (χ1v) is 7.71. The van der Waals surface area contributed by atoms with Crippen molar-refractivity contribution in [2.24, 2.45) is 0 Å². The average molecular weight is 287 g/mol. The number of fused-ring (bicyclic) bond motifs is 1. The van der Waals surface area contributed by atoms with Crippen LogP contribution in [0.25, 0.3) is 11.0 Å². The van der Waals surface area contributed by atoms with Gasteiger partial charge >= 0.3 is 0 Å². The summed E-state index contributed by atoms with van der Waals surface area (Å²) in [7, 11) is 6.33. The van der Waals surface area contributed by atoms with Crippen LogP contribution >= 0.6 is 0 Å². The second kappa shape index (κ2) is 6.18. The minimum atomic E-state index is 0.669. The summed E-state index contributed by atoms with van der Waals surface area (Å²) < 4.78 is 6.11. The fraction of sp³-hybridized carbons (Fsp3) is 0.529. The number of likely N-dealkylation sites (tertiary alicyclic amines) is 1. The van der Waals surface area contributed by atoms with Gasteiger partial charge in [-0.15, -0.1) is 0 Å². The molecule has 3 rings (SSSR count). The van der Waals surface area contributed by atoms with E-state index in [0.717, 1.165) is 37.5 Å². The molecule has 1 aliphatic heterocycles. The topological polar surface area (TPSA) is 31.6 Å². The van der Waals surface area contributed by atoms with Gasteiger partial charge in [0.15, 0.2) is 0 Å². The number of hydrogen-bond acceptors (Lipinski definition) is 4. The Bertz CT molecular complexity index is 605. The van der Waals surface area contributed by atoms with E-state index in [1.807, 2.05) is 13.1 Å². The molecular weight excluding hydrogens is 262 g/mol. The van der Waals surface area contributed by atoms with E-state index >= 15 is 0 Å². The highest BCUT2D eigenvalue weighted by Gasteiger charge is 2.25. The van der Waals surface area contributed by atoms with Gasteiger partial charge in [-0.2, -0.15) is 0 Å². The van der Waals surface area contributed by atoms with Crippen LogP contribution in [-0.2, 0) is 13.1 Å². The number of para-hydroxylation sites is 1. The van der Waals surface area contributed by atoms with Crippen molar-refractivity contribution in [1.29, 1.82) is 0 Å². The lowest BCUT2D eigenvalue weighted by molar-refractivity contribution is 0.252. The summed E-state index contributed by atoms with van der Waals surface area (Å²) in [5, 5.41) is 4.51. The number of nitrogens with one attached hydrogen (secondary N) is 1. The van der Waals surface area contributed by atoms with Gasteiger partial charge in [-0.3, -0.25) is 4.90 Å². The molecule has 2 aromatic rings. The predicted octanol–water partition coefficient (Wildman–Crippen LogP) is 2.29. The van der Waals surface area contributed by atoms with Gasteiger partial charge in [0, 0.05) is 36.6 Å². The van der Waals surface area contributed by atoms with Crippen LogP contribution in [0.3, 0.4) is 0 Å². The van der Waals surface area contributed by atoms with E-state index in [1.54, 1.807) is 0 Å². The van der Waals surface area contributed by atoms with Crippen LogP contribution in [0.2, 0.25) is 0 Å². The van der Waals surface area contributed by atoms with Gasteiger partial charge in [0.25, 0.3) is 0 Å². The first-order chi connectivity index (χ1) is 10.2. The molecule has 21 heavy (non-hydrogen) atoms.